The van der Waals surface area contributed by atoms with Gasteiger partial charge in [-0.15, -0.1) is 0 Å². The molecular formula is C22H30BNO6. The number of hydrogen-bond donors (Lipinski definition) is 0. The van der Waals surface area contributed by atoms with Gasteiger partial charge in [0.05, 0.1) is 23.3 Å². The van der Waals surface area contributed by atoms with Crippen LogP contribution in [0.2, 0.25) is 0 Å². The Morgan fingerprint density at radius 1 is 1.07 bits per heavy atom. The highest BCUT2D eigenvalue weighted by molar-refractivity contribution is 6.62. The first-order valence-corrected chi connectivity index (χ1v) is 10.2. The Balaban J connectivity index is 2.06. The second kappa shape index (κ2) is 7.43. The smallest absolute Gasteiger partial charge is 0.461 e. The Morgan fingerprint density at radius 2 is 1.67 bits per heavy atom. The molecule has 0 N–H and O–H groups in total. The molecule has 1 aromatic heterocycles. The fraction of sp³-hybridized carbons (Fsp3) is 0.545. The third-order valence-corrected chi connectivity index (χ3v) is 5.41. The lowest BCUT2D eigenvalue weighted by molar-refractivity contribution is 0.00578. The second-order valence-corrected chi connectivity index (χ2v) is 9.47. The summed E-state index contributed by atoms with van der Waals surface area (Å²) < 4.78 is 24.2. The maximum atomic E-state index is 12.9. The maximum absolute atomic E-state index is 12.9. The van der Waals surface area contributed by atoms with Gasteiger partial charge in [0, 0.05) is 5.39 Å². The SMILES string of the molecule is CCOC(=O)c1cc2cc(B3OC(C)(C)C(C)(C)O3)ccc2n1C(=O)OC(C)(C)C. The van der Waals surface area contributed by atoms with Crippen LogP contribution < -0.4 is 5.46 Å². The molecule has 7 nitrogen and oxygen atoms in total. The summed E-state index contributed by atoms with van der Waals surface area (Å²) >= 11 is 0. The van der Waals surface area contributed by atoms with Crippen LogP contribution in [-0.2, 0) is 18.8 Å². The van der Waals surface area contributed by atoms with E-state index in [1.807, 2.05) is 39.8 Å². The van der Waals surface area contributed by atoms with E-state index in [0.717, 1.165) is 5.46 Å². The van der Waals surface area contributed by atoms with Crippen molar-refractivity contribution < 1.29 is 28.4 Å². The van der Waals surface area contributed by atoms with Crippen molar-refractivity contribution in [3.63, 3.8) is 0 Å². The van der Waals surface area contributed by atoms with Gasteiger partial charge in [-0.1, -0.05) is 12.1 Å². The molecule has 0 atom stereocenters. The zero-order valence-electron chi connectivity index (χ0n) is 19.0. The largest absolute Gasteiger partial charge is 0.494 e. The normalized spacial score (nSPS) is 17.9. The van der Waals surface area contributed by atoms with Crippen LogP contribution in [0.5, 0.6) is 0 Å². The van der Waals surface area contributed by atoms with Crippen LogP contribution in [0.15, 0.2) is 24.3 Å². The predicted molar refractivity (Wildman–Crippen MR) is 115 cm³/mol. The Hall–Kier alpha value is -2.32. The van der Waals surface area contributed by atoms with Crippen molar-refractivity contribution in [3.8, 4) is 0 Å². The molecule has 30 heavy (non-hydrogen) atoms. The van der Waals surface area contributed by atoms with Gasteiger partial charge in [0.1, 0.15) is 11.3 Å². The van der Waals surface area contributed by atoms with E-state index in [4.69, 9.17) is 18.8 Å². The van der Waals surface area contributed by atoms with Gasteiger partial charge in [0.15, 0.2) is 0 Å². The number of fused-ring (bicyclic) bond motifs is 1. The van der Waals surface area contributed by atoms with Crippen LogP contribution in [0.4, 0.5) is 4.79 Å². The first-order chi connectivity index (χ1) is 13.8. The molecule has 2 heterocycles. The van der Waals surface area contributed by atoms with Gasteiger partial charge in [-0.3, -0.25) is 0 Å². The summed E-state index contributed by atoms with van der Waals surface area (Å²) in [7, 11) is -0.546. The van der Waals surface area contributed by atoms with Gasteiger partial charge in [0.2, 0.25) is 0 Å². The minimum atomic E-state index is -0.706. The van der Waals surface area contributed by atoms with Crippen LogP contribution in [0.1, 0.15) is 65.9 Å². The molecule has 1 fully saturated rings. The third kappa shape index (κ3) is 4.11. The molecule has 1 aliphatic heterocycles. The van der Waals surface area contributed by atoms with E-state index in [9.17, 15) is 9.59 Å². The van der Waals surface area contributed by atoms with Crippen LogP contribution >= 0.6 is 0 Å². The van der Waals surface area contributed by atoms with Gasteiger partial charge < -0.3 is 18.8 Å². The lowest BCUT2D eigenvalue weighted by Gasteiger charge is -2.32. The van der Waals surface area contributed by atoms with Crippen molar-refractivity contribution in [1.82, 2.24) is 4.57 Å². The number of esters is 1. The summed E-state index contributed by atoms with van der Waals surface area (Å²) in [5.41, 5.74) is -0.170. The number of aromatic nitrogens is 1. The number of carbonyl (C=O) groups is 2. The fourth-order valence-corrected chi connectivity index (χ4v) is 3.22. The summed E-state index contributed by atoms with van der Waals surface area (Å²) in [4.78, 5) is 25.4. The van der Waals surface area contributed by atoms with E-state index in [2.05, 4.69) is 0 Å². The molecule has 162 valence electrons. The zero-order valence-corrected chi connectivity index (χ0v) is 19.0. The molecule has 0 amide bonds. The second-order valence-electron chi connectivity index (χ2n) is 9.47. The first-order valence-electron chi connectivity index (χ1n) is 10.2. The topological polar surface area (TPSA) is 76.0 Å². The van der Waals surface area contributed by atoms with Gasteiger partial charge >= 0.3 is 19.2 Å². The van der Waals surface area contributed by atoms with Crippen molar-refractivity contribution in [2.45, 2.75) is 72.2 Å². The van der Waals surface area contributed by atoms with Gasteiger partial charge in [-0.25, -0.2) is 14.2 Å². The maximum Gasteiger partial charge on any atom is 0.494 e. The summed E-state index contributed by atoms with van der Waals surface area (Å²) in [5.74, 6) is -0.586. The van der Waals surface area contributed by atoms with E-state index < -0.39 is 36.0 Å². The standard InChI is InChI=1S/C22H30BNO6/c1-9-27-18(25)17-13-14-12-15(23-29-21(5,6)22(7,8)30-23)10-11-16(14)24(17)19(26)28-20(2,3)4/h10-13H,9H2,1-8H3. The Labute approximate surface area is 177 Å². The lowest BCUT2D eigenvalue weighted by Crippen LogP contribution is -2.41. The summed E-state index contributed by atoms with van der Waals surface area (Å²) in [6, 6.07) is 7.09. The Kier molecular flexibility index (Phi) is 5.54. The molecule has 1 saturated heterocycles. The van der Waals surface area contributed by atoms with E-state index in [1.165, 1.54) is 4.57 Å². The molecule has 0 unspecified atom stereocenters. The number of nitrogens with zero attached hydrogens (tertiary/aromatic N) is 1. The number of ether oxygens (including phenoxy) is 2. The van der Waals surface area contributed by atoms with Crippen molar-refractivity contribution in [2.75, 3.05) is 6.61 Å². The van der Waals surface area contributed by atoms with E-state index in [-0.39, 0.29) is 12.3 Å². The van der Waals surface area contributed by atoms with E-state index >= 15 is 0 Å². The van der Waals surface area contributed by atoms with Crippen LogP contribution in [-0.4, -0.2) is 47.2 Å². The first kappa shape index (κ1) is 22.4. The molecule has 0 bridgehead atoms. The molecule has 1 aliphatic rings. The lowest BCUT2D eigenvalue weighted by atomic mass is 9.78. The summed E-state index contributed by atoms with van der Waals surface area (Å²) in [6.45, 7) is 15.2. The minimum absolute atomic E-state index is 0.118. The van der Waals surface area contributed by atoms with E-state index in [1.54, 1.807) is 39.8 Å². The fourth-order valence-electron chi connectivity index (χ4n) is 3.22. The Morgan fingerprint density at radius 3 is 2.20 bits per heavy atom. The molecule has 8 heteroatoms. The van der Waals surface area contributed by atoms with Crippen LogP contribution in [0, 0.1) is 0 Å². The van der Waals surface area contributed by atoms with Crippen molar-refractivity contribution in [3.05, 3.63) is 30.0 Å². The average Bonchev–Trinajstić information content (AvgIpc) is 3.07. The number of hydrogen-bond acceptors (Lipinski definition) is 6. The van der Waals surface area contributed by atoms with Crippen molar-refractivity contribution in [1.29, 1.82) is 0 Å². The van der Waals surface area contributed by atoms with Crippen LogP contribution in [0.3, 0.4) is 0 Å². The van der Waals surface area contributed by atoms with Gasteiger partial charge in [-0.2, -0.15) is 0 Å². The van der Waals surface area contributed by atoms with Crippen molar-refractivity contribution >= 4 is 35.5 Å². The quantitative estimate of drug-likeness (QED) is 0.559. The summed E-state index contributed by atoms with van der Waals surface area (Å²) in [6.07, 6.45) is -0.635. The number of benzene rings is 1. The molecule has 1 aromatic carbocycles. The molecule has 3 rings (SSSR count). The van der Waals surface area contributed by atoms with Crippen molar-refractivity contribution in [2.24, 2.45) is 0 Å². The summed E-state index contributed by atoms with van der Waals surface area (Å²) in [5, 5.41) is 0.691. The molecule has 2 aromatic rings. The molecule has 0 aliphatic carbocycles. The predicted octanol–water partition coefficient (Wildman–Crippen LogP) is 3.90. The van der Waals surface area contributed by atoms with E-state index in [0.29, 0.717) is 10.9 Å². The highest BCUT2D eigenvalue weighted by atomic mass is 16.7. The number of rotatable bonds is 3. The number of carbonyl (C=O) groups excluding carboxylic acids is 2. The molecular weight excluding hydrogens is 385 g/mol. The van der Waals surface area contributed by atoms with Gasteiger partial charge in [-0.05, 0) is 73.0 Å². The van der Waals surface area contributed by atoms with Crippen LogP contribution in [0.25, 0.3) is 10.9 Å². The average molecular weight is 415 g/mol. The monoisotopic (exact) mass is 415 g/mol. The Bertz CT molecular complexity index is 969. The third-order valence-electron chi connectivity index (χ3n) is 5.41. The molecule has 0 saturated carbocycles. The highest BCUT2D eigenvalue weighted by Crippen LogP contribution is 2.36. The van der Waals surface area contributed by atoms with Gasteiger partial charge in [0.25, 0.3) is 0 Å². The molecule has 0 radical (unpaired) electrons. The zero-order chi connectivity index (χ0) is 22.5. The highest BCUT2D eigenvalue weighted by Gasteiger charge is 2.51. The minimum Gasteiger partial charge on any atom is -0.461 e. The molecule has 0 spiro atoms.